The topological polar surface area (TPSA) is 83.8 Å². The molecule has 1 aromatic heterocycles. The van der Waals surface area contributed by atoms with Gasteiger partial charge in [0.1, 0.15) is 0 Å². The Morgan fingerprint density at radius 1 is 1.56 bits per heavy atom. The average Bonchev–Trinajstić information content (AvgIpc) is 2.70. The van der Waals surface area contributed by atoms with E-state index in [0.29, 0.717) is 16.6 Å². The molecule has 0 bridgehead atoms. The minimum absolute atomic E-state index is 0.163. The number of hydrogen-bond acceptors (Lipinski definition) is 4. The minimum atomic E-state index is -0.163. The highest BCUT2D eigenvalue weighted by Crippen LogP contribution is 2.27. The van der Waals surface area contributed by atoms with Gasteiger partial charge >= 0.3 is 0 Å². The molecular formula is C12H20N4OS. The first-order valence-corrected chi connectivity index (χ1v) is 7.54. The minimum Gasteiger partial charge on any atom is -0.395 e. The summed E-state index contributed by atoms with van der Waals surface area (Å²) < 4.78 is 0. The Bertz CT molecular complexity index is 432. The molecule has 0 spiro atoms. The molecule has 1 fully saturated rings. The Labute approximate surface area is 111 Å². The maximum Gasteiger partial charge on any atom is 0.274 e. The molecule has 1 aromatic rings. The number of aromatic nitrogens is 2. The van der Waals surface area contributed by atoms with Crippen LogP contribution >= 0.6 is 11.8 Å². The van der Waals surface area contributed by atoms with Gasteiger partial charge < -0.3 is 11.1 Å². The normalized spacial score (nSPS) is 23.9. The number of anilines is 1. The summed E-state index contributed by atoms with van der Waals surface area (Å²) in [5, 5.41) is 10.4. The lowest BCUT2D eigenvalue weighted by molar-refractivity contribution is 0.0924. The molecule has 2 unspecified atom stereocenters. The largest absolute Gasteiger partial charge is 0.395 e. The Balaban J connectivity index is 1.97. The van der Waals surface area contributed by atoms with E-state index in [0.717, 1.165) is 18.5 Å². The van der Waals surface area contributed by atoms with E-state index in [2.05, 4.69) is 21.8 Å². The third-order valence-corrected chi connectivity index (χ3v) is 4.60. The number of aryl methyl sites for hydroxylation is 1. The summed E-state index contributed by atoms with van der Waals surface area (Å²) in [6, 6.07) is 0.250. The average molecular weight is 268 g/mol. The fraction of sp³-hybridized carbons (Fsp3) is 0.667. The molecule has 0 radical (unpaired) electrons. The van der Waals surface area contributed by atoms with Crippen molar-refractivity contribution >= 4 is 23.4 Å². The number of rotatable bonds is 3. The Kier molecular flexibility index (Phi) is 4.16. The van der Waals surface area contributed by atoms with E-state index in [9.17, 15) is 4.79 Å². The first-order valence-electron chi connectivity index (χ1n) is 6.26. The van der Waals surface area contributed by atoms with Gasteiger partial charge in [0.2, 0.25) is 0 Å². The summed E-state index contributed by atoms with van der Waals surface area (Å²) in [5.41, 5.74) is 7.31. The highest BCUT2D eigenvalue weighted by Gasteiger charge is 2.24. The Hall–Kier alpha value is -1.17. The number of nitrogen functional groups attached to an aromatic ring is 1. The molecule has 2 atom stereocenters. The first kappa shape index (κ1) is 13.3. The summed E-state index contributed by atoms with van der Waals surface area (Å²) in [5.74, 6) is -0.163. The zero-order valence-corrected chi connectivity index (χ0v) is 11.6. The van der Waals surface area contributed by atoms with Crippen LogP contribution in [0.1, 0.15) is 41.9 Å². The number of nitrogens with two attached hydrogens (primary N) is 1. The fourth-order valence-corrected chi connectivity index (χ4v) is 3.18. The number of H-pyrrole nitrogens is 1. The number of carbonyl (C=O) groups is 1. The monoisotopic (exact) mass is 268 g/mol. The zero-order valence-electron chi connectivity index (χ0n) is 10.8. The Morgan fingerprint density at radius 2 is 2.33 bits per heavy atom. The van der Waals surface area contributed by atoms with Crippen molar-refractivity contribution in [2.45, 2.75) is 43.9 Å². The summed E-state index contributed by atoms with van der Waals surface area (Å²) in [7, 11) is 0. The molecule has 2 rings (SSSR count). The van der Waals surface area contributed by atoms with Crippen LogP contribution in [-0.2, 0) is 0 Å². The van der Waals surface area contributed by atoms with Crippen LogP contribution in [0.25, 0.3) is 0 Å². The van der Waals surface area contributed by atoms with Gasteiger partial charge in [0.05, 0.1) is 11.4 Å². The van der Waals surface area contributed by atoms with Gasteiger partial charge in [-0.3, -0.25) is 9.89 Å². The molecule has 0 aliphatic heterocycles. The molecule has 100 valence electrons. The molecule has 1 saturated carbocycles. The van der Waals surface area contributed by atoms with E-state index in [4.69, 9.17) is 5.73 Å². The highest BCUT2D eigenvalue weighted by atomic mass is 32.2. The number of aromatic amines is 1. The Morgan fingerprint density at radius 3 is 2.94 bits per heavy atom. The van der Waals surface area contributed by atoms with Crippen LogP contribution in [0.5, 0.6) is 0 Å². The third-order valence-electron chi connectivity index (χ3n) is 3.50. The molecular weight excluding hydrogens is 248 g/mol. The van der Waals surface area contributed by atoms with Crippen molar-refractivity contribution in [1.82, 2.24) is 15.5 Å². The summed E-state index contributed by atoms with van der Waals surface area (Å²) in [6.07, 6.45) is 6.63. The number of nitrogens with zero attached hydrogens (tertiary/aromatic N) is 1. The lowest BCUT2D eigenvalue weighted by Gasteiger charge is -2.28. The molecule has 18 heavy (non-hydrogen) atoms. The van der Waals surface area contributed by atoms with Crippen LogP contribution in [0.2, 0.25) is 0 Å². The van der Waals surface area contributed by atoms with Crippen LogP contribution in [-0.4, -0.2) is 33.7 Å². The maximum absolute atomic E-state index is 12.1. The predicted molar refractivity (Wildman–Crippen MR) is 74.8 cm³/mol. The van der Waals surface area contributed by atoms with Gasteiger partial charge in [-0.15, -0.1) is 0 Å². The second kappa shape index (κ2) is 5.65. The molecule has 0 saturated heterocycles. The standard InChI is InChI=1S/C12H20N4OS/c1-7-10(13)11(16-15-7)12(17)14-8-4-3-5-9(6-8)18-2/h8-9H,3-6,13H2,1-2H3,(H,14,17)(H,15,16). The molecule has 1 aliphatic rings. The second-order valence-electron chi connectivity index (χ2n) is 4.81. The predicted octanol–water partition coefficient (Wildman–Crippen LogP) is 1.70. The quantitative estimate of drug-likeness (QED) is 0.779. The maximum atomic E-state index is 12.1. The van der Waals surface area contributed by atoms with Crippen LogP contribution in [0, 0.1) is 6.92 Å². The number of amides is 1. The van der Waals surface area contributed by atoms with Crippen LogP contribution in [0.3, 0.4) is 0 Å². The van der Waals surface area contributed by atoms with Gasteiger partial charge in [0.25, 0.3) is 5.91 Å². The summed E-state index contributed by atoms with van der Waals surface area (Å²) >= 11 is 1.88. The van der Waals surface area contributed by atoms with E-state index < -0.39 is 0 Å². The van der Waals surface area contributed by atoms with Crippen molar-refractivity contribution in [3.63, 3.8) is 0 Å². The molecule has 4 N–H and O–H groups in total. The van der Waals surface area contributed by atoms with E-state index in [-0.39, 0.29) is 11.9 Å². The summed E-state index contributed by atoms with van der Waals surface area (Å²) in [6.45, 7) is 1.81. The fourth-order valence-electron chi connectivity index (χ4n) is 2.35. The van der Waals surface area contributed by atoms with Gasteiger partial charge in [-0.1, -0.05) is 6.42 Å². The van der Waals surface area contributed by atoms with Gasteiger partial charge in [-0.2, -0.15) is 16.9 Å². The van der Waals surface area contributed by atoms with Crippen molar-refractivity contribution in [3.05, 3.63) is 11.4 Å². The first-order chi connectivity index (χ1) is 8.61. The van der Waals surface area contributed by atoms with Gasteiger partial charge in [-0.25, -0.2) is 0 Å². The summed E-state index contributed by atoms with van der Waals surface area (Å²) in [4.78, 5) is 12.1. The van der Waals surface area contributed by atoms with Gasteiger partial charge in [-0.05, 0) is 32.4 Å². The number of thioether (sulfide) groups is 1. The van der Waals surface area contributed by atoms with Crippen molar-refractivity contribution in [2.75, 3.05) is 12.0 Å². The molecule has 1 heterocycles. The van der Waals surface area contributed by atoms with E-state index in [1.165, 1.54) is 12.8 Å². The van der Waals surface area contributed by atoms with E-state index in [1.54, 1.807) is 0 Å². The van der Waals surface area contributed by atoms with Gasteiger partial charge in [0, 0.05) is 11.3 Å². The van der Waals surface area contributed by atoms with E-state index >= 15 is 0 Å². The van der Waals surface area contributed by atoms with E-state index in [1.807, 2.05) is 18.7 Å². The lowest BCUT2D eigenvalue weighted by atomic mass is 9.95. The van der Waals surface area contributed by atoms with Crippen LogP contribution in [0.4, 0.5) is 5.69 Å². The van der Waals surface area contributed by atoms with Crippen molar-refractivity contribution in [3.8, 4) is 0 Å². The number of nitrogens with one attached hydrogen (secondary N) is 2. The molecule has 1 amide bonds. The van der Waals surface area contributed by atoms with Crippen molar-refractivity contribution in [1.29, 1.82) is 0 Å². The molecule has 1 aliphatic carbocycles. The molecule has 6 heteroatoms. The molecule has 5 nitrogen and oxygen atoms in total. The lowest BCUT2D eigenvalue weighted by Crippen LogP contribution is -2.39. The van der Waals surface area contributed by atoms with Gasteiger partial charge in [0.15, 0.2) is 5.69 Å². The highest BCUT2D eigenvalue weighted by molar-refractivity contribution is 7.99. The number of carbonyl (C=O) groups excluding carboxylic acids is 1. The smallest absolute Gasteiger partial charge is 0.274 e. The van der Waals surface area contributed by atoms with Crippen LogP contribution in [0.15, 0.2) is 0 Å². The van der Waals surface area contributed by atoms with Crippen molar-refractivity contribution < 1.29 is 4.79 Å². The number of hydrogen-bond donors (Lipinski definition) is 3. The zero-order chi connectivity index (χ0) is 13.1. The molecule has 0 aromatic carbocycles. The third kappa shape index (κ3) is 2.80. The SMILES string of the molecule is CSC1CCCC(NC(=O)c2n[nH]c(C)c2N)C1. The van der Waals surface area contributed by atoms with Crippen molar-refractivity contribution in [2.24, 2.45) is 0 Å². The second-order valence-corrected chi connectivity index (χ2v) is 5.94. The van der Waals surface area contributed by atoms with Crippen LogP contribution < -0.4 is 11.1 Å².